The molecule has 0 radical (unpaired) electrons. The van der Waals surface area contributed by atoms with Crippen LogP contribution in [0.1, 0.15) is 17.2 Å². The van der Waals surface area contributed by atoms with Crippen LogP contribution in [0.15, 0.2) is 34.8 Å². The topological polar surface area (TPSA) is 29.5 Å². The summed E-state index contributed by atoms with van der Waals surface area (Å²) in [5.41, 5.74) is 0.535. The van der Waals surface area contributed by atoms with Gasteiger partial charge in [0.25, 0.3) is 0 Å². The molecule has 0 aliphatic rings. The summed E-state index contributed by atoms with van der Waals surface area (Å²) in [4.78, 5) is 0. The maximum Gasteiger partial charge on any atom is 0.142 e. The maximum atomic E-state index is 13.8. The van der Waals surface area contributed by atoms with Crippen molar-refractivity contribution >= 4 is 27.5 Å². The summed E-state index contributed by atoms with van der Waals surface area (Å²) in [6, 6.07) is 7.04. The summed E-state index contributed by atoms with van der Waals surface area (Å²) >= 11 is 8.82. The van der Waals surface area contributed by atoms with Crippen LogP contribution >= 0.6 is 27.5 Å². The van der Waals surface area contributed by atoms with Gasteiger partial charge in [0, 0.05) is 16.5 Å². The van der Waals surface area contributed by atoms with Gasteiger partial charge in [0.05, 0.1) is 18.2 Å². The van der Waals surface area contributed by atoms with E-state index in [1.54, 1.807) is 18.2 Å². The van der Waals surface area contributed by atoms with E-state index in [9.17, 15) is 13.9 Å². The Morgan fingerprint density at radius 1 is 1.24 bits per heavy atom. The average molecular weight is 378 g/mol. The Labute approximate surface area is 134 Å². The Balaban J connectivity index is 2.32. The van der Waals surface area contributed by atoms with Gasteiger partial charge < -0.3 is 9.84 Å². The van der Waals surface area contributed by atoms with Crippen molar-refractivity contribution in [2.75, 3.05) is 7.11 Å². The second-order valence-electron chi connectivity index (χ2n) is 4.46. The fourth-order valence-electron chi connectivity index (χ4n) is 2.02. The number of benzene rings is 2. The van der Waals surface area contributed by atoms with Crippen LogP contribution < -0.4 is 4.74 Å². The van der Waals surface area contributed by atoms with Gasteiger partial charge in [-0.15, -0.1) is 0 Å². The first-order chi connectivity index (χ1) is 9.92. The first-order valence-corrected chi connectivity index (χ1v) is 7.24. The fraction of sp³-hybridized carbons (Fsp3) is 0.200. The van der Waals surface area contributed by atoms with E-state index in [0.717, 1.165) is 16.6 Å². The summed E-state index contributed by atoms with van der Waals surface area (Å²) in [5.74, 6) is -0.955. The molecule has 112 valence electrons. The third kappa shape index (κ3) is 3.73. The molecule has 2 aromatic rings. The van der Waals surface area contributed by atoms with Gasteiger partial charge in [0.2, 0.25) is 0 Å². The van der Waals surface area contributed by atoms with Crippen molar-refractivity contribution in [1.29, 1.82) is 0 Å². The van der Waals surface area contributed by atoms with Crippen molar-refractivity contribution in [3.63, 3.8) is 0 Å². The lowest BCUT2D eigenvalue weighted by Crippen LogP contribution is -2.06. The normalized spacial score (nSPS) is 12.3. The molecule has 0 amide bonds. The molecule has 2 rings (SSSR count). The van der Waals surface area contributed by atoms with Crippen molar-refractivity contribution in [3.8, 4) is 5.75 Å². The molecule has 21 heavy (non-hydrogen) atoms. The predicted octanol–water partition coefficient (Wildman–Crippen LogP) is 4.67. The molecule has 0 heterocycles. The van der Waals surface area contributed by atoms with Gasteiger partial charge in [0.1, 0.15) is 17.4 Å². The number of methoxy groups -OCH3 is 1. The van der Waals surface area contributed by atoms with E-state index < -0.39 is 17.7 Å². The molecule has 1 atom stereocenters. The molecule has 0 bridgehead atoms. The van der Waals surface area contributed by atoms with E-state index in [4.69, 9.17) is 16.3 Å². The lowest BCUT2D eigenvalue weighted by Gasteiger charge is -2.15. The number of halogens is 4. The van der Waals surface area contributed by atoms with E-state index in [1.165, 1.54) is 7.11 Å². The Hall–Kier alpha value is -1.17. The van der Waals surface area contributed by atoms with Gasteiger partial charge in [-0.3, -0.25) is 0 Å². The minimum atomic E-state index is -1.21. The van der Waals surface area contributed by atoms with Crippen LogP contribution in [0.25, 0.3) is 0 Å². The van der Waals surface area contributed by atoms with Crippen LogP contribution in [0.5, 0.6) is 5.75 Å². The number of hydrogen-bond donors (Lipinski definition) is 1. The molecule has 0 saturated heterocycles. The lowest BCUT2D eigenvalue weighted by molar-refractivity contribution is 0.172. The average Bonchev–Trinajstić information content (AvgIpc) is 2.43. The van der Waals surface area contributed by atoms with Gasteiger partial charge in [-0.25, -0.2) is 8.78 Å². The highest BCUT2D eigenvalue weighted by molar-refractivity contribution is 9.10. The largest absolute Gasteiger partial charge is 0.496 e. The van der Waals surface area contributed by atoms with E-state index in [2.05, 4.69) is 15.9 Å². The molecular weight excluding hydrogens is 366 g/mol. The third-order valence-corrected chi connectivity index (χ3v) is 3.84. The quantitative estimate of drug-likeness (QED) is 0.785. The molecule has 2 aromatic carbocycles. The first kappa shape index (κ1) is 16.2. The first-order valence-electron chi connectivity index (χ1n) is 6.07. The molecule has 0 aliphatic carbocycles. The summed E-state index contributed by atoms with van der Waals surface area (Å²) in [6.45, 7) is 0. The fourth-order valence-corrected chi connectivity index (χ4v) is 2.58. The zero-order valence-electron chi connectivity index (χ0n) is 11.0. The second kappa shape index (κ2) is 6.73. The SMILES string of the molecule is COc1ccc(Br)cc1CC(O)c1cc(F)c(Cl)cc1F. The molecule has 6 heteroatoms. The van der Waals surface area contributed by atoms with E-state index >= 15 is 0 Å². The number of ether oxygens (including phenoxy) is 1. The van der Waals surface area contributed by atoms with Crippen molar-refractivity contribution in [1.82, 2.24) is 0 Å². The van der Waals surface area contributed by atoms with E-state index in [1.807, 2.05) is 0 Å². The molecule has 0 spiro atoms. The Morgan fingerprint density at radius 2 is 1.95 bits per heavy atom. The number of hydrogen-bond acceptors (Lipinski definition) is 2. The standard InChI is InChI=1S/C15H12BrClF2O2/c1-21-15-3-2-9(16)4-8(15)5-14(20)10-6-13(19)11(17)7-12(10)18/h2-4,6-7,14,20H,5H2,1H3. The summed E-state index contributed by atoms with van der Waals surface area (Å²) < 4.78 is 33.2. The highest BCUT2D eigenvalue weighted by Gasteiger charge is 2.18. The molecule has 0 saturated carbocycles. The van der Waals surface area contributed by atoms with Crippen LogP contribution in [0.3, 0.4) is 0 Å². The molecule has 2 nitrogen and oxygen atoms in total. The Bertz CT molecular complexity index is 664. The molecule has 1 N–H and O–H groups in total. The van der Waals surface area contributed by atoms with Crippen LogP contribution in [-0.4, -0.2) is 12.2 Å². The minimum absolute atomic E-state index is 0.0839. The van der Waals surface area contributed by atoms with E-state index in [0.29, 0.717) is 11.3 Å². The smallest absolute Gasteiger partial charge is 0.142 e. The van der Waals surface area contributed by atoms with Gasteiger partial charge in [-0.1, -0.05) is 27.5 Å². The maximum absolute atomic E-state index is 13.8. The third-order valence-electron chi connectivity index (χ3n) is 3.05. The Kier molecular flexibility index (Phi) is 5.19. The zero-order valence-corrected chi connectivity index (χ0v) is 13.4. The molecular formula is C15H12BrClF2O2. The Morgan fingerprint density at radius 3 is 2.62 bits per heavy atom. The van der Waals surface area contributed by atoms with Crippen LogP contribution in [0, 0.1) is 11.6 Å². The zero-order chi connectivity index (χ0) is 15.6. The summed E-state index contributed by atoms with van der Waals surface area (Å²) in [7, 11) is 1.50. The highest BCUT2D eigenvalue weighted by Crippen LogP contribution is 2.30. The van der Waals surface area contributed by atoms with Crippen LogP contribution in [-0.2, 0) is 6.42 Å². The van der Waals surface area contributed by atoms with Crippen molar-refractivity contribution in [3.05, 3.63) is 62.6 Å². The van der Waals surface area contributed by atoms with Gasteiger partial charge in [-0.2, -0.15) is 0 Å². The molecule has 1 unspecified atom stereocenters. The van der Waals surface area contributed by atoms with Crippen LogP contribution in [0.2, 0.25) is 5.02 Å². The lowest BCUT2D eigenvalue weighted by atomic mass is 10.00. The van der Waals surface area contributed by atoms with E-state index in [-0.39, 0.29) is 17.0 Å². The monoisotopic (exact) mass is 376 g/mol. The number of aliphatic hydroxyl groups is 1. The van der Waals surface area contributed by atoms with Gasteiger partial charge in [0.15, 0.2) is 0 Å². The second-order valence-corrected chi connectivity index (χ2v) is 5.79. The van der Waals surface area contributed by atoms with Gasteiger partial charge >= 0.3 is 0 Å². The van der Waals surface area contributed by atoms with Crippen LogP contribution in [0.4, 0.5) is 8.78 Å². The number of rotatable bonds is 4. The van der Waals surface area contributed by atoms with Gasteiger partial charge in [-0.05, 0) is 35.9 Å². The van der Waals surface area contributed by atoms with Crippen molar-refractivity contribution in [2.45, 2.75) is 12.5 Å². The summed E-state index contributed by atoms with van der Waals surface area (Å²) in [6.07, 6.45) is -1.12. The molecule has 0 aliphatic heterocycles. The predicted molar refractivity (Wildman–Crippen MR) is 80.7 cm³/mol. The highest BCUT2D eigenvalue weighted by atomic mass is 79.9. The minimum Gasteiger partial charge on any atom is -0.496 e. The summed E-state index contributed by atoms with van der Waals surface area (Å²) in [5, 5.41) is 9.84. The molecule has 0 aromatic heterocycles. The van der Waals surface area contributed by atoms with Crippen molar-refractivity contribution in [2.24, 2.45) is 0 Å². The van der Waals surface area contributed by atoms with Crippen molar-refractivity contribution < 1.29 is 18.6 Å². The number of aliphatic hydroxyl groups excluding tert-OH is 1. The molecule has 0 fully saturated rings.